The summed E-state index contributed by atoms with van der Waals surface area (Å²) in [4.78, 5) is 0. The highest BCUT2D eigenvalue weighted by atomic mass is 79.9. The van der Waals surface area contributed by atoms with Crippen molar-refractivity contribution in [1.29, 1.82) is 0 Å². The lowest BCUT2D eigenvalue weighted by Crippen LogP contribution is -2.14. The molecule has 14 nitrogen and oxygen atoms in total. The average Bonchev–Trinajstić information content (AvgIpc) is 2.73. The van der Waals surface area contributed by atoms with E-state index in [0.29, 0.717) is 0 Å². The van der Waals surface area contributed by atoms with Crippen LogP contribution in [0.5, 0.6) is 17.2 Å². The zero-order valence-corrected chi connectivity index (χ0v) is 25.6. The summed E-state index contributed by atoms with van der Waals surface area (Å²) in [5.74, 6) is -2.02. The summed E-state index contributed by atoms with van der Waals surface area (Å²) in [5.41, 5.74) is -0.171. The third-order valence-electron chi connectivity index (χ3n) is 3.83. The molecule has 0 heterocycles. The summed E-state index contributed by atoms with van der Waals surface area (Å²) >= 11 is 12.1. The SMILES string of the molecule is O=S(=O)([O-])OCc1cc(O)c(OS(=O)(=O)OCc2cc(O)c(COS(=O)(=O)[O-])c(Br)c2Br)c(Br)c1Br. The van der Waals surface area contributed by atoms with Crippen LogP contribution in [0.1, 0.15) is 16.7 Å². The highest BCUT2D eigenvalue weighted by Gasteiger charge is 2.24. The van der Waals surface area contributed by atoms with Crippen LogP contribution < -0.4 is 4.18 Å². The second-order valence-electron chi connectivity index (χ2n) is 6.27. The third kappa shape index (κ3) is 9.01. The molecule has 0 aromatic heterocycles. The Balaban J connectivity index is 2.23. The number of halogens is 4. The van der Waals surface area contributed by atoms with Crippen LogP contribution in [0.2, 0.25) is 0 Å². The Kier molecular flexibility index (Phi) is 10.6. The van der Waals surface area contributed by atoms with Crippen LogP contribution in [0.25, 0.3) is 0 Å². The molecule has 0 spiro atoms. The van der Waals surface area contributed by atoms with E-state index in [9.17, 15) is 44.6 Å². The van der Waals surface area contributed by atoms with E-state index in [4.69, 9.17) is 8.37 Å². The largest absolute Gasteiger partial charge is 0.726 e. The minimum atomic E-state index is -5.05. The first kappa shape index (κ1) is 31.6. The number of hydrogen-bond acceptors (Lipinski definition) is 14. The van der Waals surface area contributed by atoms with Gasteiger partial charge in [-0.1, -0.05) is 0 Å². The van der Waals surface area contributed by atoms with E-state index in [2.05, 4.69) is 72.1 Å². The fraction of sp³-hybridized carbons (Fsp3) is 0.200. The van der Waals surface area contributed by atoms with Gasteiger partial charge in [-0.2, -0.15) is 8.42 Å². The van der Waals surface area contributed by atoms with Gasteiger partial charge in [-0.15, -0.1) is 0 Å². The fourth-order valence-electron chi connectivity index (χ4n) is 2.30. The van der Waals surface area contributed by atoms with Gasteiger partial charge in [0.1, 0.15) is 5.75 Å². The van der Waals surface area contributed by atoms with Crippen LogP contribution in [-0.2, 0) is 63.6 Å². The van der Waals surface area contributed by atoms with Crippen molar-refractivity contribution in [2.24, 2.45) is 0 Å². The number of rotatable bonds is 11. The lowest BCUT2D eigenvalue weighted by atomic mass is 10.1. The van der Waals surface area contributed by atoms with Gasteiger partial charge < -0.3 is 23.5 Å². The van der Waals surface area contributed by atoms with Gasteiger partial charge in [-0.05, 0) is 87.0 Å². The van der Waals surface area contributed by atoms with E-state index in [0.717, 1.165) is 12.1 Å². The number of hydrogen-bond donors (Lipinski definition) is 2. The molecule has 0 atom stereocenters. The van der Waals surface area contributed by atoms with E-state index >= 15 is 0 Å². The van der Waals surface area contributed by atoms with Crippen molar-refractivity contribution in [1.82, 2.24) is 0 Å². The van der Waals surface area contributed by atoms with Gasteiger partial charge in [0.25, 0.3) is 0 Å². The van der Waals surface area contributed by atoms with E-state index in [1.165, 1.54) is 0 Å². The van der Waals surface area contributed by atoms with Crippen molar-refractivity contribution in [3.8, 4) is 17.2 Å². The smallest absolute Gasteiger partial charge is 0.449 e. The monoisotopic (exact) mass is 826 g/mol. The summed E-state index contributed by atoms with van der Waals surface area (Å²) in [7, 11) is -15.0. The predicted octanol–water partition coefficient (Wildman–Crippen LogP) is 2.94. The summed E-state index contributed by atoms with van der Waals surface area (Å²) in [6, 6.07) is 1.88. The lowest BCUT2D eigenvalue weighted by molar-refractivity contribution is 0.246. The topological polar surface area (TPSA) is 226 Å². The number of aromatic hydroxyl groups is 2. The molecule has 36 heavy (non-hydrogen) atoms. The molecule has 2 aromatic rings. The molecule has 2 N–H and O–H groups in total. The number of phenols is 2. The zero-order valence-electron chi connectivity index (χ0n) is 16.8. The maximum Gasteiger partial charge on any atom is 0.449 e. The van der Waals surface area contributed by atoms with Crippen molar-refractivity contribution < 1.29 is 61.3 Å². The van der Waals surface area contributed by atoms with Crippen molar-refractivity contribution in [2.75, 3.05) is 0 Å². The zero-order chi connectivity index (χ0) is 27.6. The van der Waals surface area contributed by atoms with Crippen LogP contribution in [-0.4, -0.2) is 44.6 Å². The Morgan fingerprint density at radius 1 is 0.667 bits per heavy atom. The summed E-state index contributed by atoms with van der Waals surface area (Å²) in [6.45, 7) is -2.33. The van der Waals surface area contributed by atoms with Crippen LogP contribution >= 0.6 is 63.7 Å². The van der Waals surface area contributed by atoms with E-state index in [1.807, 2.05) is 0 Å². The molecule has 0 amide bonds. The van der Waals surface area contributed by atoms with Gasteiger partial charge in [0.15, 0.2) is 5.75 Å². The van der Waals surface area contributed by atoms with Gasteiger partial charge in [-0.25, -0.2) is 21.0 Å². The van der Waals surface area contributed by atoms with E-state index in [-0.39, 0.29) is 34.6 Å². The molecule has 0 saturated carbocycles. The molecule has 0 aliphatic carbocycles. The molecule has 21 heteroatoms. The molecule has 0 saturated heterocycles. The van der Waals surface area contributed by atoms with Crippen LogP contribution in [0.15, 0.2) is 30.0 Å². The first-order valence-electron chi connectivity index (χ1n) is 8.49. The maximum absolute atomic E-state index is 12.3. The highest BCUT2D eigenvalue weighted by molar-refractivity contribution is 9.13. The number of phenolic OH excluding ortho intramolecular Hbond substituents is 2. The van der Waals surface area contributed by atoms with Crippen LogP contribution in [0, 0.1) is 0 Å². The molecule has 0 radical (unpaired) electrons. The van der Waals surface area contributed by atoms with Gasteiger partial charge in [-0.3, -0.25) is 8.37 Å². The van der Waals surface area contributed by atoms with Crippen molar-refractivity contribution >= 4 is 94.9 Å². The molecule has 0 unspecified atom stereocenters. The maximum atomic E-state index is 12.3. The molecular weight excluding hydrogens is 820 g/mol. The van der Waals surface area contributed by atoms with Gasteiger partial charge in [0, 0.05) is 19.0 Å². The van der Waals surface area contributed by atoms with Crippen molar-refractivity contribution in [3.63, 3.8) is 0 Å². The Morgan fingerprint density at radius 2 is 1.11 bits per heavy atom. The second-order valence-corrected chi connectivity index (χ2v) is 12.8. The molecule has 0 aliphatic rings. The fourth-order valence-corrected chi connectivity index (χ4v) is 5.62. The molecule has 0 fully saturated rings. The Morgan fingerprint density at radius 3 is 1.64 bits per heavy atom. The van der Waals surface area contributed by atoms with Crippen LogP contribution in [0.4, 0.5) is 0 Å². The molecule has 0 bridgehead atoms. The quantitative estimate of drug-likeness (QED) is 0.245. The first-order chi connectivity index (χ1) is 16.3. The number of benzene rings is 2. The summed E-state index contributed by atoms with van der Waals surface area (Å²) in [6.07, 6.45) is 0. The average molecular weight is 830 g/mol. The third-order valence-corrected chi connectivity index (χ3v) is 9.93. The lowest BCUT2D eigenvalue weighted by Gasteiger charge is -2.16. The molecule has 2 aromatic carbocycles. The highest BCUT2D eigenvalue weighted by Crippen LogP contribution is 2.43. The minimum Gasteiger partial charge on any atom is -0.726 e. The van der Waals surface area contributed by atoms with E-state index in [1.54, 1.807) is 0 Å². The predicted molar refractivity (Wildman–Crippen MR) is 130 cm³/mol. The van der Waals surface area contributed by atoms with Crippen molar-refractivity contribution in [3.05, 3.63) is 46.7 Å². The Labute approximate surface area is 238 Å². The second kappa shape index (κ2) is 12.1. The first-order valence-corrected chi connectivity index (χ1v) is 15.7. The molecular formula is C15H10Br4O14S3-2. The minimum absolute atomic E-state index is 0.0105. The Hall–Kier alpha value is -0.590. The molecule has 0 aliphatic heterocycles. The van der Waals surface area contributed by atoms with E-state index < -0.39 is 68.3 Å². The van der Waals surface area contributed by atoms with Gasteiger partial charge >= 0.3 is 10.4 Å². The molecule has 2 rings (SSSR count). The summed E-state index contributed by atoms with van der Waals surface area (Å²) in [5, 5.41) is 20.2. The molecule has 202 valence electrons. The van der Waals surface area contributed by atoms with Gasteiger partial charge in [0.2, 0.25) is 26.5 Å². The Bertz CT molecular complexity index is 1490. The normalized spacial score (nSPS) is 12.6. The van der Waals surface area contributed by atoms with Gasteiger partial charge in [0.05, 0.1) is 24.3 Å². The van der Waals surface area contributed by atoms with Crippen LogP contribution in [0.3, 0.4) is 0 Å². The van der Waals surface area contributed by atoms with Crippen molar-refractivity contribution in [2.45, 2.75) is 19.8 Å². The summed E-state index contributed by atoms with van der Waals surface area (Å²) < 4.78 is 106. The standard InChI is InChI=1S/C15H12Br4O14S3/c16-11-6(1-9(20)8(13(11)18)5-31-35(25,26)27)4-32-36(28,29)33-15-10(21)2-7(12(17)14(15)19)3-30-34(22,23)24/h1-2,20-21H,3-5H2,(H,22,23,24)(H,25,26,27)/p-2.